The van der Waals surface area contributed by atoms with Gasteiger partial charge in [0.1, 0.15) is 0 Å². The van der Waals surface area contributed by atoms with Crippen molar-refractivity contribution < 1.29 is 47.7 Å². The number of hydrogen-bond acceptors (Lipinski definition) is 0. The summed E-state index contributed by atoms with van der Waals surface area (Å²) in [5.74, 6) is 5.51. The number of fused-ring (bicyclic) bond motifs is 2. The average molecular weight is 516 g/mol. The van der Waals surface area contributed by atoms with Crippen LogP contribution in [0.3, 0.4) is 0 Å². The van der Waals surface area contributed by atoms with Crippen molar-refractivity contribution >= 4 is 0 Å². The molecular formula is C20H26Cl2Hf. The van der Waals surface area contributed by atoms with Gasteiger partial charge in [-0.1, -0.05) is 0 Å². The molecule has 23 heavy (non-hydrogen) atoms. The fourth-order valence-corrected chi connectivity index (χ4v) is 14.4. The maximum atomic E-state index is 2.56. The van der Waals surface area contributed by atoms with Crippen molar-refractivity contribution in [2.75, 3.05) is 0 Å². The van der Waals surface area contributed by atoms with Crippen LogP contribution >= 0.6 is 0 Å². The van der Waals surface area contributed by atoms with Crippen LogP contribution in [0.2, 0.25) is 7.35 Å². The van der Waals surface area contributed by atoms with Crippen LogP contribution in [0.5, 0.6) is 0 Å². The summed E-state index contributed by atoms with van der Waals surface area (Å²) in [4.78, 5) is 0. The zero-order chi connectivity index (χ0) is 14.4. The Morgan fingerprint density at radius 3 is 1.48 bits per heavy atom. The number of rotatable bonds is 2. The van der Waals surface area contributed by atoms with Crippen LogP contribution in [0.15, 0.2) is 48.6 Å². The molecule has 8 atom stereocenters. The molecule has 0 radical (unpaired) electrons. The molecule has 0 saturated heterocycles. The van der Waals surface area contributed by atoms with E-state index in [0.717, 1.165) is 42.9 Å². The van der Waals surface area contributed by atoms with Crippen molar-refractivity contribution in [2.24, 2.45) is 35.5 Å². The van der Waals surface area contributed by atoms with Crippen LogP contribution in [0, 0.1) is 35.5 Å². The summed E-state index contributed by atoms with van der Waals surface area (Å²) in [5, 5.41) is 0. The predicted octanol–water partition coefficient (Wildman–Crippen LogP) is -0.550. The Kier molecular flexibility index (Phi) is 7.03. The molecule has 0 N–H and O–H groups in total. The van der Waals surface area contributed by atoms with Crippen LogP contribution in [-0.4, -0.2) is 0 Å². The van der Waals surface area contributed by atoms with Gasteiger partial charge >= 0.3 is 141 Å². The summed E-state index contributed by atoms with van der Waals surface area (Å²) in [5.41, 5.74) is 0. The third-order valence-corrected chi connectivity index (χ3v) is 15.9. The molecule has 3 heteroatoms. The van der Waals surface area contributed by atoms with E-state index in [0.29, 0.717) is 0 Å². The van der Waals surface area contributed by atoms with Crippen molar-refractivity contribution in [1.82, 2.24) is 0 Å². The summed E-state index contributed by atoms with van der Waals surface area (Å²) in [6.07, 6.45) is 22.2. The van der Waals surface area contributed by atoms with E-state index in [1.165, 1.54) is 12.8 Å². The van der Waals surface area contributed by atoms with Crippen molar-refractivity contribution in [1.29, 1.82) is 0 Å². The van der Waals surface area contributed by atoms with E-state index in [1.54, 1.807) is 0 Å². The van der Waals surface area contributed by atoms with Crippen molar-refractivity contribution in [3.05, 3.63) is 48.6 Å². The molecule has 0 spiro atoms. The van der Waals surface area contributed by atoms with Crippen LogP contribution in [0.4, 0.5) is 0 Å². The van der Waals surface area contributed by atoms with Crippen molar-refractivity contribution in [3.8, 4) is 0 Å². The van der Waals surface area contributed by atoms with Gasteiger partial charge in [-0.3, -0.25) is 0 Å². The van der Waals surface area contributed by atoms with E-state index in [-0.39, 0.29) is 24.8 Å². The Balaban J connectivity index is 0.000000960. The van der Waals surface area contributed by atoms with Crippen molar-refractivity contribution in [3.63, 3.8) is 0 Å². The maximum Gasteiger partial charge on any atom is -1.00 e. The van der Waals surface area contributed by atoms with Gasteiger partial charge in [-0.05, 0) is 0 Å². The van der Waals surface area contributed by atoms with Crippen molar-refractivity contribution in [2.45, 2.75) is 34.0 Å². The van der Waals surface area contributed by atoms with Gasteiger partial charge in [0.2, 0.25) is 0 Å². The normalized spacial score (nSPS) is 45.7. The first-order chi connectivity index (χ1) is 10.2. The minimum absolute atomic E-state index is 0. The SMILES string of the molecule is CC1CC2C=CC=CC2[CH]1[Hf+2][CH]1C(C)CC2C=CC=CC21.[Cl-].[Cl-]. The van der Waals surface area contributed by atoms with E-state index < -0.39 is 22.9 Å². The molecule has 2 fully saturated rings. The monoisotopic (exact) mass is 516 g/mol. The first kappa shape index (κ1) is 19.7. The van der Waals surface area contributed by atoms with Gasteiger partial charge in [0.25, 0.3) is 0 Å². The van der Waals surface area contributed by atoms with E-state index >= 15 is 0 Å². The summed E-state index contributed by atoms with van der Waals surface area (Å²) < 4.78 is 2.20. The van der Waals surface area contributed by atoms with Crippen LogP contribution in [0.25, 0.3) is 0 Å². The van der Waals surface area contributed by atoms with E-state index in [1.807, 2.05) is 0 Å². The first-order valence-corrected chi connectivity index (χ1v) is 12.8. The second kappa shape index (κ2) is 8.19. The summed E-state index contributed by atoms with van der Waals surface area (Å²) in [6, 6.07) is 0. The third-order valence-electron chi connectivity index (χ3n) is 6.32. The number of halogens is 2. The number of hydrogen-bond donors (Lipinski definition) is 0. The van der Waals surface area contributed by atoms with Gasteiger partial charge in [-0.25, -0.2) is 0 Å². The molecular weight excluding hydrogens is 490 g/mol. The molecule has 0 aromatic heterocycles. The Morgan fingerprint density at radius 1 is 0.652 bits per heavy atom. The fraction of sp³-hybridized carbons (Fsp3) is 0.600. The Labute approximate surface area is 165 Å². The minimum atomic E-state index is -0.623. The Hall–Kier alpha value is 0.410. The standard InChI is InChI=1S/2C10H13.2ClH.Hf/c2*1-8-6-9-4-2-3-5-10(9)7-8;;;/h2*2-6,8-10H,7H2,1H3;2*1H;/q;;;;+2/p-2. The molecule has 4 aliphatic carbocycles. The summed E-state index contributed by atoms with van der Waals surface area (Å²) >= 11 is -0.623. The number of allylic oxidation sites excluding steroid dienone is 8. The molecule has 0 bridgehead atoms. The summed E-state index contributed by atoms with van der Waals surface area (Å²) in [7, 11) is 0. The second-order valence-electron chi connectivity index (χ2n) is 7.67. The molecule has 124 valence electrons. The quantitative estimate of drug-likeness (QED) is 0.433. The molecule has 4 aliphatic rings. The van der Waals surface area contributed by atoms with Gasteiger partial charge in [-0.2, -0.15) is 0 Å². The second-order valence-corrected chi connectivity index (χ2v) is 13.7. The van der Waals surface area contributed by atoms with Gasteiger partial charge in [-0.15, -0.1) is 0 Å². The Bertz CT molecular complexity index is 476. The minimum Gasteiger partial charge on any atom is -1.00 e. The van der Waals surface area contributed by atoms with E-state index in [4.69, 9.17) is 0 Å². The molecule has 0 aromatic carbocycles. The third kappa shape index (κ3) is 3.67. The van der Waals surface area contributed by atoms with Crippen LogP contribution < -0.4 is 24.8 Å². The molecule has 0 nitrogen and oxygen atoms in total. The predicted molar refractivity (Wildman–Crippen MR) is 85.6 cm³/mol. The maximum absolute atomic E-state index is 2.56. The summed E-state index contributed by atoms with van der Waals surface area (Å²) in [6.45, 7) is 5.09. The zero-order valence-electron chi connectivity index (χ0n) is 13.9. The zero-order valence-corrected chi connectivity index (χ0v) is 19.0. The van der Waals surface area contributed by atoms with Gasteiger partial charge in [0.05, 0.1) is 0 Å². The van der Waals surface area contributed by atoms with Crippen LogP contribution in [0.1, 0.15) is 26.7 Å². The van der Waals surface area contributed by atoms with Gasteiger partial charge < -0.3 is 24.8 Å². The molecule has 2 saturated carbocycles. The topological polar surface area (TPSA) is 0 Å². The largest absolute Gasteiger partial charge is 1.00 e. The molecule has 0 aliphatic heterocycles. The smallest absolute Gasteiger partial charge is 1.00 e. The average Bonchev–Trinajstić information content (AvgIpc) is 2.97. The fourth-order valence-electron chi connectivity index (χ4n) is 5.27. The first-order valence-electron chi connectivity index (χ1n) is 8.70. The van der Waals surface area contributed by atoms with Gasteiger partial charge in [0.15, 0.2) is 0 Å². The van der Waals surface area contributed by atoms with Gasteiger partial charge in [0, 0.05) is 0 Å². The molecule has 8 unspecified atom stereocenters. The Morgan fingerprint density at radius 2 is 1.04 bits per heavy atom. The van der Waals surface area contributed by atoms with E-state index in [2.05, 4.69) is 62.5 Å². The molecule has 0 aromatic rings. The molecule has 0 amide bonds. The van der Waals surface area contributed by atoms with Crippen LogP contribution in [-0.2, 0) is 22.9 Å². The molecule has 0 heterocycles. The van der Waals surface area contributed by atoms with E-state index in [9.17, 15) is 0 Å². The molecule has 4 rings (SSSR count).